The zero-order chi connectivity index (χ0) is 24.0. The second kappa shape index (κ2) is 10.4. The van der Waals surface area contributed by atoms with Crippen LogP contribution in [-0.4, -0.2) is 17.6 Å². The standard InChI is InChI=1S/C23H20ClF3N2O4/c1-32-20-9-16(7-8-19(20)33-14-15-5-3-2-4-6-15)11-28-21(30)13-29-12-17(23(25,26)27)10-18(24)22(29)31/h2-10,12H,11,13-14H2,1H3,(H,28,30). The number of benzene rings is 2. The number of pyridine rings is 1. The Labute approximate surface area is 192 Å². The van der Waals surface area contributed by atoms with Crippen LogP contribution in [0.1, 0.15) is 16.7 Å². The van der Waals surface area contributed by atoms with Gasteiger partial charge in [-0.3, -0.25) is 9.59 Å². The smallest absolute Gasteiger partial charge is 0.417 e. The maximum Gasteiger partial charge on any atom is 0.417 e. The molecule has 1 N–H and O–H groups in total. The zero-order valence-electron chi connectivity index (χ0n) is 17.5. The van der Waals surface area contributed by atoms with E-state index in [-0.39, 0.29) is 6.54 Å². The molecule has 2 aromatic carbocycles. The fraction of sp³-hybridized carbons (Fsp3) is 0.217. The van der Waals surface area contributed by atoms with Crippen molar-refractivity contribution in [1.82, 2.24) is 9.88 Å². The lowest BCUT2D eigenvalue weighted by Crippen LogP contribution is -2.32. The lowest BCUT2D eigenvalue weighted by molar-refractivity contribution is -0.138. The van der Waals surface area contributed by atoms with Gasteiger partial charge in [0.2, 0.25) is 5.91 Å². The molecule has 0 spiro atoms. The summed E-state index contributed by atoms with van der Waals surface area (Å²) in [7, 11) is 1.48. The molecule has 0 fully saturated rings. The first kappa shape index (κ1) is 24.2. The quantitative estimate of drug-likeness (QED) is 0.518. The number of halogens is 4. The van der Waals surface area contributed by atoms with Gasteiger partial charge in [-0.15, -0.1) is 0 Å². The van der Waals surface area contributed by atoms with Crippen molar-refractivity contribution >= 4 is 17.5 Å². The lowest BCUT2D eigenvalue weighted by atomic mass is 10.2. The van der Waals surface area contributed by atoms with Crippen LogP contribution in [0, 0.1) is 0 Å². The number of nitrogens with one attached hydrogen (secondary N) is 1. The zero-order valence-corrected chi connectivity index (χ0v) is 18.2. The van der Waals surface area contributed by atoms with Gasteiger partial charge in [0.1, 0.15) is 18.2 Å². The van der Waals surface area contributed by atoms with Gasteiger partial charge >= 0.3 is 6.18 Å². The van der Waals surface area contributed by atoms with E-state index in [1.807, 2.05) is 30.3 Å². The van der Waals surface area contributed by atoms with Crippen LogP contribution in [0.2, 0.25) is 5.02 Å². The molecule has 10 heteroatoms. The van der Waals surface area contributed by atoms with Crippen molar-refractivity contribution in [1.29, 1.82) is 0 Å². The molecule has 6 nitrogen and oxygen atoms in total. The van der Waals surface area contributed by atoms with E-state index in [4.69, 9.17) is 21.1 Å². The Hall–Kier alpha value is -3.46. The van der Waals surface area contributed by atoms with E-state index >= 15 is 0 Å². The van der Waals surface area contributed by atoms with Gasteiger partial charge in [0.25, 0.3) is 5.56 Å². The molecular weight excluding hydrogens is 461 g/mol. The molecule has 0 unspecified atom stereocenters. The van der Waals surface area contributed by atoms with Crippen molar-refractivity contribution in [3.05, 3.63) is 92.9 Å². The van der Waals surface area contributed by atoms with Gasteiger partial charge in [-0.25, -0.2) is 0 Å². The molecule has 0 aliphatic rings. The first-order valence-electron chi connectivity index (χ1n) is 9.75. The number of alkyl halides is 3. The number of rotatable bonds is 8. The van der Waals surface area contributed by atoms with Crippen molar-refractivity contribution in [2.24, 2.45) is 0 Å². The molecule has 0 atom stereocenters. The van der Waals surface area contributed by atoms with E-state index < -0.39 is 34.8 Å². The van der Waals surface area contributed by atoms with E-state index in [0.29, 0.717) is 40.5 Å². The Morgan fingerprint density at radius 2 is 1.79 bits per heavy atom. The monoisotopic (exact) mass is 480 g/mol. The summed E-state index contributed by atoms with van der Waals surface area (Å²) in [6.45, 7) is -0.199. The number of carbonyl (C=O) groups is 1. The first-order chi connectivity index (χ1) is 15.7. The van der Waals surface area contributed by atoms with Crippen LogP contribution in [-0.2, 0) is 30.7 Å². The van der Waals surface area contributed by atoms with Crippen molar-refractivity contribution in [2.75, 3.05) is 7.11 Å². The highest BCUT2D eigenvalue weighted by molar-refractivity contribution is 6.30. The number of amides is 1. The second-order valence-electron chi connectivity index (χ2n) is 7.04. The Morgan fingerprint density at radius 1 is 1.06 bits per heavy atom. The average molecular weight is 481 g/mol. The predicted molar refractivity (Wildman–Crippen MR) is 116 cm³/mol. The van der Waals surface area contributed by atoms with Gasteiger partial charge < -0.3 is 19.4 Å². The van der Waals surface area contributed by atoms with Crippen LogP contribution in [0.4, 0.5) is 13.2 Å². The highest BCUT2D eigenvalue weighted by Gasteiger charge is 2.32. The predicted octanol–water partition coefficient (Wildman–Crippen LogP) is 4.42. The first-order valence-corrected chi connectivity index (χ1v) is 10.1. The molecule has 0 saturated heterocycles. The van der Waals surface area contributed by atoms with E-state index in [0.717, 1.165) is 5.56 Å². The molecular formula is C23H20ClF3N2O4. The SMILES string of the molecule is COc1cc(CNC(=O)Cn2cc(C(F)(F)F)cc(Cl)c2=O)ccc1OCc1ccccc1. The van der Waals surface area contributed by atoms with Crippen molar-refractivity contribution in [3.8, 4) is 11.5 Å². The highest BCUT2D eigenvalue weighted by Crippen LogP contribution is 2.30. The molecule has 1 heterocycles. The number of hydrogen-bond donors (Lipinski definition) is 1. The summed E-state index contributed by atoms with van der Waals surface area (Å²) in [4.78, 5) is 24.2. The Kier molecular flexibility index (Phi) is 7.65. The summed E-state index contributed by atoms with van der Waals surface area (Å²) in [5, 5.41) is 1.94. The lowest BCUT2D eigenvalue weighted by Gasteiger charge is -2.14. The van der Waals surface area contributed by atoms with Gasteiger partial charge in [-0.1, -0.05) is 48.0 Å². The fourth-order valence-corrected chi connectivity index (χ4v) is 3.19. The van der Waals surface area contributed by atoms with E-state index in [1.54, 1.807) is 18.2 Å². The molecule has 174 valence electrons. The van der Waals surface area contributed by atoms with Crippen LogP contribution in [0.3, 0.4) is 0 Å². The Bertz CT molecular complexity index is 1180. The maximum atomic E-state index is 12.9. The van der Waals surface area contributed by atoms with Crippen molar-refractivity contribution < 1.29 is 27.4 Å². The summed E-state index contributed by atoms with van der Waals surface area (Å²) < 4.78 is 50.6. The molecule has 1 aromatic heterocycles. The van der Waals surface area contributed by atoms with Gasteiger partial charge in [0.15, 0.2) is 11.5 Å². The minimum Gasteiger partial charge on any atom is -0.493 e. The van der Waals surface area contributed by atoms with Crippen LogP contribution < -0.4 is 20.3 Å². The summed E-state index contributed by atoms with van der Waals surface area (Å²) in [5.74, 6) is 0.316. The minimum absolute atomic E-state index is 0.0651. The number of nitrogens with zero attached hydrogens (tertiary/aromatic N) is 1. The second-order valence-corrected chi connectivity index (χ2v) is 7.45. The van der Waals surface area contributed by atoms with E-state index in [2.05, 4.69) is 5.32 Å². The topological polar surface area (TPSA) is 69.6 Å². The molecule has 0 bridgehead atoms. The molecule has 0 saturated carbocycles. The van der Waals surface area contributed by atoms with Crippen LogP contribution in [0.5, 0.6) is 11.5 Å². The number of hydrogen-bond acceptors (Lipinski definition) is 4. The largest absolute Gasteiger partial charge is 0.493 e. The molecule has 3 aromatic rings. The summed E-state index contributed by atoms with van der Waals surface area (Å²) in [6, 6.07) is 15.2. The summed E-state index contributed by atoms with van der Waals surface area (Å²) in [6.07, 6.45) is -4.13. The third kappa shape index (κ3) is 6.52. The average Bonchev–Trinajstić information content (AvgIpc) is 2.79. The van der Waals surface area contributed by atoms with Gasteiger partial charge in [0.05, 0.1) is 12.7 Å². The van der Waals surface area contributed by atoms with Gasteiger partial charge in [-0.2, -0.15) is 13.2 Å². The number of methoxy groups -OCH3 is 1. The van der Waals surface area contributed by atoms with Crippen molar-refractivity contribution in [2.45, 2.75) is 25.9 Å². The van der Waals surface area contributed by atoms with Gasteiger partial charge in [-0.05, 0) is 29.3 Å². The van der Waals surface area contributed by atoms with Crippen LogP contribution in [0.25, 0.3) is 0 Å². The maximum absolute atomic E-state index is 12.9. The molecule has 3 rings (SSSR count). The highest BCUT2D eigenvalue weighted by atomic mass is 35.5. The van der Waals surface area contributed by atoms with Crippen LogP contribution >= 0.6 is 11.6 Å². The molecule has 0 aliphatic carbocycles. The number of ether oxygens (including phenoxy) is 2. The fourth-order valence-electron chi connectivity index (χ4n) is 2.96. The van der Waals surface area contributed by atoms with Crippen molar-refractivity contribution in [3.63, 3.8) is 0 Å². The Balaban J connectivity index is 1.63. The van der Waals surface area contributed by atoms with E-state index in [1.165, 1.54) is 7.11 Å². The third-order valence-electron chi connectivity index (χ3n) is 4.64. The van der Waals surface area contributed by atoms with Gasteiger partial charge in [0, 0.05) is 12.7 Å². The van der Waals surface area contributed by atoms with Crippen LogP contribution in [0.15, 0.2) is 65.6 Å². The number of carbonyl (C=O) groups excluding carboxylic acids is 1. The third-order valence-corrected chi connectivity index (χ3v) is 4.91. The molecule has 0 aliphatic heterocycles. The molecule has 0 radical (unpaired) electrons. The normalized spacial score (nSPS) is 11.2. The van der Waals surface area contributed by atoms with E-state index in [9.17, 15) is 22.8 Å². The Morgan fingerprint density at radius 3 is 2.45 bits per heavy atom. The summed E-state index contributed by atoms with van der Waals surface area (Å²) >= 11 is 5.60. The summed E-state index contributed by atoms with van der Waals surface area (Å²) in [5.41, 5.74) is -0.348. The number of aromatic nitrogens is 1. The molecule has 1 amide bonds. The molecule has 33 heavy (non-hydrogen) atoms. The minimum atomic E-state index is -4.70.